The van der Waals surface area contributed by atoms with Gasteiger partial charge >= 0.3 is 27.6 Å². The number of aliphatic hydroxyl groups excluding tert-OH is 3. The lowest BCUT2D eigenvalue weighted by atomic mass is 10.1. The highest BCUT2D eigenvalue weighted by atomic mass is 31.2. The summed E-state index contributed by atoms with van der Waals surface area (Å²) in [6.45, 7) is 0.346. The normalized spacial score (nSPS) is 15.7. The van der Waals surface area contributed by atoms with Crippen LogP contribution in [0, 0.1) is 0 Å². The Morgan fingerprint density at radius 1 is 0.433 bits per heavy atom. The summed E-state index contributed by atoms with van der Waals surface area (Å²) >= 11 is 0. The molecule has 352 valence electrons. The molecule has 0 aliphatic rings. The average molecular weight is 899 g/mol. The molecule has 0 aromatic heterocycles. The number of phosphoric ester groups is 2. The fourth-order valence-electron chi connectivity index (χ4n) is 5.57. The van der Waals surface area contributed by atoms with Gasteiger partial charge in [-0.3, -0.25) is 27.7 Å². The number of hydrogen-bond donors (Lipinski definition) is 5. The monoisotopic (exact) mass is 898 g/mol. The fourth-order valence-corrected chi connectivity index (χ4v) is 7.16. The molecule has 0 saturated carbocycles. The predicted octanol–water partition coefficient (Wildman–Crippen LogP) is 9.49. The van der Waals surface area contributed by atoms with E-state index in [1.54, 1.807) is 0 Å². The van der Waals surface area contributed by atoms with Crippen LogP contribution >= 0.6 is 15.6 Å². The van der Waals surface area contributed by atoms with Gasteiger partial charge in [-0.15, -0.1) is 0 Å². The van der Waals surface area contributed by atoms with E-state index in [0.29, 0.717) is 12.8 Å². The van der Waals surface area contributed by atoms with Crippen molar-refractivity contribution in [3.05, 3.63) is 36.5 Å². The molecule has 17 heteroatoms. The maximum Gasteiger partial charge on any atom is 0.472 e. The van der Waals surface area contributed by atoms with Crippen molar-refractivity contribution in [3.63, 3.8) is 0 Å². The number of aliphatic hydroxyl groups is 3. The summed E-state index contributed by atoms with van der Waals surface area (Å²) in [5.41, 5.74) is 0. The molecule has 0 radical (unpaired) electrons. The number of rotatable bonds is 43. The Morgan fingerprint density at radius 2 is 0.717 bits per heavy atom. The number of carbonyl (C=O) groups is 2. The molecule has 0 aromatic carbocycles. The van der Waals surface area contributed by atoms with Crippen LogP contribution in [-0.2, 0) is 46.3 Å². The molecule has 0 aromatic rings. The number of phosphoric acid groups is 2. The number of ether oxygens (including phenoxy) is 2. The van der Waals surface area contributed by atoms with E-state index < -0.39 is 85.5 Å². The van der Waals surface area contributed by atoms with Crippen LogP contribution in [0.25, 0.3) is 0 Å². The highest BCUT2D eigenvalue weighted by Gasteiger charge is 2.28. The van der Waals surface area contributed by atoms with Gasteiger partial charge in [0.25, 0.3) is 0 Å². The zero-order valence-electron chi connectivity index (χ0n) is 36.6. The van der Waals surface area contributed by atoms with Gasteiger partial charge in [-0.1, -0.05) is 140 Å². The van der Waals surface area contributed by atoms with Crippen molar-refractivity contribution >= 4 is 27.6 Å². The molecule has 5 N–H and O–H groups in total. The lowest BCUT2D eigenvalue weighted by Gasteiger charge is -2.19. The van der Waals surface area contributed by atoms with E-state index in [-0.39, 0.29) is 12.8 Å². The molecule has 15 nitrogen and oxygen atoms in total. The summed E-state index contributed by atoms with van der Waals surface area (Å²) in [7, 11) is -9.56. The van der Waals surface area contributed by atoms with Gasteiger partial charge in [0.2, 0.25) is 0 Å². The van der Waals surface area contributed by atoms with Gasteiger partial charge in [-0.05, 0) is 51.4 Å². The Balaban J connectivity index is 3.94. The van der Waals surface area contributed by atoms with Gasteiger partial charge in [-0.2, -0.15) is 0 Å². The van der Waals surface area contributed by atoms with Crippen molar-refractivity contribution in [3.8, 4) is 0 Å². The molecule has 60 heavy (non-hydrogen) atoms. The number of hydrogen-bond acceptors (Lipinski definition) is 13. The number of unbranched alkanes of at least 4 members (excludes halogenated alkanes) is 17. The van der Waals surface area contributed by atoms with Crippen LogP contribution in [0.5, 0.6) is 0 Å². The summed E-state index contributed by atoms with van der Waals surface area (Å²) in [5, 5.41) is 29.9. The molecule has 0 aliphatic heterocycles. The highest BCUT2D eigenvalue weighted by molar-refractivity contribution is 7.47. The van der Waals surface area contributed by atoms with Crippen molar-refractivity contribution < 1.29 is 71.4 Å². The highest BCUT2D eigenvalue weighted by Crippen LogP contribution is 2.45. The summed E-state index contributed by atoms with van der Waals surface area (Å²) in [6.07, 6.45) is 32.8. The summed E-state index contributed by atoms with van der Waals surface area (Å²) in [6, 6.07) is 0. The molecule has 0 saturated heterocycles. The number of carbonyl (C=O) groups excluding carboxylic acids is 2. The number of esters is 2. The molecule has 0 aliphatic carbocycles. The van der Waals surface area contributed by atoms with E-state index >= 15 is 0 Å². The van der Waals surface area contributed by atoms with E-state index in [1.807, 2.05) is 0 Å². The zero-order valence-corrected chi connectivity index (χ0v) is 38.4. The van der Waals surface area contributed by atoms with Crippen LogP contribution in [0.3, 0.4) is 0 Å². The standard InChI is InChI=1S/C43H80O15P2/c1-3-5-7-9-11-13-15-16-17-18-19-20-22-24-26-28-30-32-43(48)54-34-40(45)36-56-60(51,52)58-38-41(46)37-57-59(49,50)55-35-39(44)33-53-42(47)31-29-27-25-23-21-14-12-10-8-6-4-2/h11,13,16-17,19-20,39-41,44-46H,3-10,12,14-15,18,21-38H2,1-2H3,(H,49,50)(H,51,52)/b13-11-,17-16-,20-19-. The average Bonchev–Trinajstić information content (AvgIpc) is 3.22. The minimum absolute atomic E-state index is 0.171. The quantitative estimate of drug-likeness (QED) is 0.0166. The Bertz CT molecular complexity index is 1230. The first-order valence-corrected chi connectivity index (χ1v) is 25.3. The van der Waals surface area contributed by atoms with Gasteiger partial charge in [0.05, 0.1) is 26.4 Å². The Hall–Kier alpha value is -1.74. The fraction of sp³-hybridized carbons (Fsp3) is 0.814. The maximum atomic E-state index is 12.1. The summed E-state index contributed by atoms with van der Waals surface area (Å²) in [5.74, 6) is -1.02. The first-order valence-electron chi connectivity index (χ1n) is 22.3. The number of allylic oxidation sites excluding steroid dienone is 6. The van der Waals surface area contributed by atoms with Crippen molar-refractivity contribution in [2.45, 2.75) is 186 Å². The van der Waals surface area contributed by atoms with Gasteiger partial charge < -0.3 is 34.6 Å². The Labute approximate surface area is 360 Å². The van der Waals surface area contributed by atoms with Gasteiger partial charge in [-0.25, -0.2) is 9.13 Å². The maximum absolute atomic E-state index is 12.1. The molecule has 5 atom stereocenters. The third-order valence-electron chi connectivity index (χ3n) is 9.10. The lowest BCUT2D eigenvalue weighted by molar-refractivity contribution is -0.148. The van der Waals surface area contributed by atoms with Crippen molar-refractivity contribution in [1.29, 1.82) is 0 Å². The van der Waals surface area contributed by atoms with E-state index in [4.69, 9.17) is 9.47 Å². The Morgan fingerprint density at radius 3 is 1.10 bits per heavy atom. The molecule has 0 rings (SSSR count). The van der Waals surface area contributed by atoms with Gasteiger partial charge in [0.1, 0.15) is 31.5 Å². The van der Waals surface area contributed by atoms with Crippen LogP contribution in [0.1, 0.15) is 168 Å². The SMILES string of the molecule is CCCCC/C=C\C/C=C\C/C=C\CCCCCCC(=O)OCC(O)COP(=O)(O)OCC(O)COP(=O)(O)OCC(O)COC(=O)CCCCCCCCCCCCC. The molecule has 5 unspecified atom stereocenters. The van der Waals surface area contributed by atoms with E-state index in [1.165, 1.54) is 64.2 Å². The van der Waals surface area contributed by atoms with Crippen LogP contribution in [-0.4, -0.2) is 95.0 Å². The first kappa shape index (κ1) is 58.3. The summed E-state index contributed by atoms with van der Waals surface area (Å²) in [4.78, 5) is 43.6. The molecule has 0 heterocycles. The van der Waals surface area contributed by atoms with E-state index in [2.05, 4.69) is 68.4 Å². The molecule has 0 amide bonds. The first-order chi connectivity index (χ1) is 28.8. The van der Waals surface area contributed by atoms with Crippen molar-refractivity contribution in [2.75, 3.05) is 39.6 Å². The topological polar surface area (TPSA) is 225 Å². The Kier molecular flexibility index (Phi) is 38.9. The minimum atomic E-state index is -4.79. The van der Waals surface area contributed by atoms with E-state index in [0.717, 1.165) is 64.2 Å². The molecular weight excluding hydrogens is 818 g/mol. The van der Waals surface area contributed by atoms with Crippen LogP contribution in [0.4, 0.5) is 0 Å². The van der Waals surface area contributed by atoms with Gasteiger partial charge in [0, 0.05) is 12.8 Å². The predicted molar refractivity (Wildman–Crippen MR) is 233 cm³/mol. The second kappa shape index (κ2) is 40.1. The van der Waals surface area contributed by atoms with Crippen molar-refractivity contribution in [2.24, 2.45) is 0 Å². The molecule has 0 fully saturated rings. The van der Waals surface area contributed by atoms with Gasteiger partial charge in [0.15, 0.2) is 0 Å². The summed E-state index contributed by atoms with van der Waals surface area (Å²) < 4.78 is 52.8. The second-order valence-corrected chi connectivity index (χ2v) is 18.0. The van der Waals surface area contributed by atoms with Crippen LogP contribution in [0.15, 0.2) is 36.5 Å². The minimum Gasteiger partial charge on any atom is -0.463 e. The molecule has 0 bridgehead atoms. The smallest absolute Gasteiger partial charge is 0.463 e. The second-order valence-electron chi connectivity index (χ2n) is 15.1. The molecule has 0 spiro atoms. The van der Waals surface area contributed by atoms with Crippen LogP contribution < -0.4 is 0 Å². The van der Waals surface area contributed by atoms with Crippen molar-refractivity contribution in [1.82, 2.24) is 0 Å². The van der Waals surface area contributed by atoms with Crippen LogP contribution in [0.2, 0.25) is 0 Å². The molecular formula is C43H80O15P2. The third-order valence-corrected chi connectivity index (χ3v) is 11.0. The van der Waals surface area contributed by atoms with E-state index in [9.17, 15) is 43.8 Å². The largest absolute Gasteiger partial charge is 0.472 e. The third kappa shape index (κ3) is 41.6. The zero-order chi connectivity index (χ0) is 44.6. The lowest BCUT2D eigenvalue weighted by Crippen LogP contribution is -2.25.